The molecule has 0 aliphatic heterocycles. The molecule has 0 heterocycles. The van der Waals surface area contributed by atoms with E-state index in [1.807, 2.05) is 19.1 Å². The first kappa shape index (κ1) is 15.2. The van der Waals surface area contributed by atoms with Crippen molar-refractivity contribution in [1.29, 1.82) is 0 Å². The monoisotopic (exact) mass is 374 g/mol. The van der Waals surface area contributed by atoms with Crippen molar-refractivity contribution in [2.24, 2.45) is 0 Å². The molecular formula is C13H12BrClN2O2S. The lowest BCUT2D eigenvalue weighted by Gasteiger charge is -2.13. The average Bonchev–Trinajstić information content (AvgIpc) is 2.36. The third-order valence-corrected chi connectivity index (χ3v) is 5.47. The molecular weight excluding hydrogens is 364 g/mol. The van der Waals surface area contributed by atoms with Crippen LogP contribution >= 0.6 is 27.5 Å². The summed E-state index contributed by atoms with van der Waals surface area (Å²) in [6.07, 6.45) is 0. The first-order chi connectivity index (χ1) is 9.31. The second kappa shape index (κ2) is 5.63. The summed E-state index contributed by atoms with van der Waals surface area (Å²) in [4.78, 5) is 0.00533. The van der Waals surface area contributed by atoms with Gasteiger partial charge >= 0.3 is 0 Å². The van der Waals surface area contributed by atoms with E-state index in [0.717, 1.165) is 5.56 Å². The molecule has 0 spiro atoms. The summed E-state index contributed by atoms with van der Waals surface area (Å²) in [6.45, 7) is 1.82. The Hall–Kier alpha value is -1.24. The van der Waals surface area contributed by atoms with E-state index in [4.69, 9.17) is 17.3 Å². The maximum atomic E-state index is 12.4. The second-order valence-corrected chi connectivity index (χ2v) is 7.11. The van der Waals surface area contributed by atoms with Gasteiger partial charge in [0, 0.05) is 10.7 Å². The SMILES string of the molecule is Cc1ccccc1NS(=O)(=O)c1cc(Cl)cc(N)c1Br. The summed E-state index contributed by atoms with van der Waals surface area (Å²) in [5.41, 5.74) is 7.32. The molecule has 0 aromatic heterocycles. The van der Waals surface area contributed by atoms with Crippen LogP contribution in [-0.4, -0.2) is 8.42 Å². The highest BCUT2D eigenvalue weighted by atomic mass is 79.9. The number of hydrogen-bond acceptors (Lipinski definition) is 3. The summed E-state index contributed by atoms with van der Waals surface area (Å²) in [6, 6.07) is 9.93. The zero-order chi connectivity index (χ0) is 14.9. The number of aryl methyl sites for hydroxylation is 1. The van der Waals surface area contributed by atoms with Crippen molar-refractivity contribution >= 4 is 48.9 Å². The quantitative estimate of drug-likeness (QED) is 0.802. The molecule has 0 aliphatic carbocycles. The van der Waals surface area contributed by atoms with E-state index < -0.39 is 10.0 Å². The Morgan fingerprint density at radius 3 is 2.55 bits per heavy atom. The number of nitrogen functional groups attached to an aromatic ring is 1. The summed E-state index contributed by atoms with van der Waals surface area (Å²) < 4.78 is 27.7. The molecule has 0 saturated carbocycles. The molecule has 106 valence electrons. The van der Waals surface area contributed by atoms with Gasteiger partial charge in [-0.15, -0.1) is 0 Å². The number of benzene rings is 2. The number of halogens is 2. The third kappa shape index (κ3) is 3.08. The molecule has 0 atom stereocenters. The fraction of sp³-hybridized carbons (Fsp3) is 0.0769. The van der Waals surface area contributed by atoms with Crippen LogP contribution in [0.15, 0.2) is 45.8 Å². The predicted molar refractivity (Wildman–Crippen MR) is 85.6 cm³/mol. The maximum absolute atomic E-state index is 12.4. The van der Waals surface area contributed by atoms with Crippen molar-refractivity contribution in [2.45, 2.75) is 11.8 Å². The molecule has 4 nitrogen and oxygen atoms in total. The predicted octanol–water partition coefficient (Wildman–Crippen LogP) is 3.79. The van der Waals surface area contributed by atoms with Crippen molar-refractivity contribution in [2.75, 3.05) is 10.5 Å². The van der Waals surface area contributed by atoms with Crippen LogP contribution in [0, 0.1) is 6.92 Å². The number of sulfonamides is 1. The van der Waals surface area contributed by atoms with Gasteiger partial charge in [-0.1, -0.05) is 29.8 Å². The molecule has 3 N–H and O–H groups in total. The van der Waals surface area contributed by atoms with Crippen LogP contribution in [0.1, 0.15) is 5.56 Å². The van der Waals surface area contributed by atoms with Gasteiger partial charge in [0.25, 0.3) is 10.0 Å². The van der Waals surface area contributed by atoms with E-state index in [1.54, 1.807) is 12.1 Å². The van der Waals surface area contributed by atoms with Crippen molar-refractivity contribution in [3.63, 3.8) is 0 Å². The first-order valence-electron chi connectivity index (χ1n) is 5.64. The number of anilines is 2. The van der Waals surface area contributed by atoms with Gasteiger partial charge in [-0.2, -0.15) is 0 Å². The Bertz CT molecular complexity index is 763. The van der Waals surface area contributed by atoms with Crippen molar-refractivity contribution in [1.82, 2.24) is 0 Å². The van der Waals surface area contributed by atoms with Gasteiger partial charge < -0.3 is 5.73 Å². The third-order valence-electron chi connectivity index (χ3n) is 2.71. The summed E-state index contributed by atoms with van der Waals surface area (Å²) in [7, 11) is -3.77. The molecule has 2 aromatic rings. The van der Waals surface area contributed by atoms with Crippen LogP contribution in [0.3, 0.4) is 0 Å². The number of hydrogen-bond donors (Lipinski definition) is 2. The minimum atomic E-state index is -3.77. The van der Waals surface area contributed by atoms with Crippen LogP contribution < -0.4 is 10.5 Å². The molecule has 7 heteroatoms. The summed E-state index contributed by atoms with van der Waals surface area (Å²) >= 11 is 9.05. The molecule has 0 bridgehead atoms. The van der Waals surface area contributed by atoms with E-state index in [0.29, 0.717) is 10.2 Å². The van der Waals surface area contributed by atoms with Gasteiger partial charge in [0.1, 0.15) is 4.90 Å². The number of rotatable bonds is 3. The molecule has 0 fully saturated rings. The zero-order valence-electron chi connectivity index (χ0n) is 10.5. The summed E-state index contributed by atoms with van der Waals surface area (Å²) in [5.74, 6) is 0. The minimum absolute atomic E-state index is 0.00533. The number of para-hydroxylation sites is 1. The molecule has 0 amide bonds. The highest BCUT2D eigenvalue weighted by Gasteiger charge is 2.20. The van der Waals surface area contributed by atoms with Gasteiger partial charge in [-0.05, 0) is 46.6 Å². The topological polar surface area (TPSA) is 72.2 Å². The molecule has 0 saturated heterocycles. The molecule has 0 radical (unpaired) electrons. The average molecular weight is 376 g/mol. The standard InChI is InChI=1S/C13H12BrClN2O2S/c1-8-4-2-3-5-11(8)17-20(18,19)12-7-9(15)6-10(16)13(12)14/h2-7,17H,16H2,1H3. The van der Waals surface area contributed by atoms with E-state index >= 15 is 0 Å². The Kier molecular flexibility index (Phi) is 4.27. The summed E-state index contributed by atoms with van der Waals surface area (Å²) in [5, 5.41) is 0.260. The van der Waals surface area contributed by atoms with Crippen molar-refractivity contribution < 1.29 is 8.42 Å². The lowest BCUT2D eigenvalue weighted by Crippen LogP contribution is -2.15. The highest BCUT2D eigenvalue weighted by Crippen LogP contribution is 2.32. The highest BCUT2D eigenvalue weighted by molar-refractivity contribution is 9.10. The smallest absolute Gasteiger partial charge is 0.263 e. The van der Waals surface area contributed by atoms with Crippen LogP contribution in [0.4, 0.5) is 11.4 Å². The minimum Gasteiger partial charge on any atom is -0.398 e. The Morgan fingerprint density at radius 1 is 1.25 bits per heavy atom. The first-order valence-corrected chi connectivity index (χ1v) is 8.29. The van der Waals surface area contributed by atoms with Crippen molar-refractivity contribution in [3.8, 4) is 0 Å². The molecule has 2 rings (SSSR count). The van der Waals surface area contributed by atoms with E-state index in [1.165, 1.54) is 12.1 Å². The molecule has 0 unspecified atom stereocenters. The Morgan fingerprint density at radius 2 is 1.90 bits per heavy atom. The molecule has 20 heavy (non-hydrogen) atoms. The van der Waals surface area contributed by atoms with Gasteiger partial charge in [-0.3, -0.25) is 4.72 Å². The van der Waals surface area contributed by atoms with E-state index in [2.05, 4.69) is 20.7 Å². The number of nitrogens with two attached hydrogens (primary N) is 1. The molecule has 0 aliphatic rings. The fourth-order valence-electron chi connectivity index (χ4n) is 1.67. The normalized spacial score (nSPS) is 11.3. The fourth-order valence-corrected chi connectivity index (χ4v) is 4.09. The van der Waals surface area contributed by atoms with Crippen LogP contribution in [0.2, 0.25) is 5.02 Å². The second-order valence-electron chi connectivity index (χ2n) is 4.23. The van der Waals surface area contributed by atoms with Gasteiger partial charge in [0.2, 0.25) is 0 Å². The van der Waals surface area contributed by atoms with Crippen molar-refractivity contribution in [3.05, 3.63) is 51.5 Å². The van der Waals surface area contributed by atoms with E-state index in [-0.39, 0.29) is 15.6 Å². The Labute approximate surface area is 131 Å². The largest absolute Gasteiger partial charge is 0.398 e. The van der Waals surface area contributed by atoms with Gasteiger partial charge in [-0.25, -0.2) is 8.42 Å². The van der Waals surface area contributed by atoms with E-state index in [9.17, 15) is 8.42 Å². The van der Waals surface area contributed by atoms with Crippen LogP contribution in [-0.2, 0) is 10.0 Å². The molecule has 2 aromatic carbocycles. The lowest BCUT2D eigenvalue weighted by atomic mass is 10.2. The number of nitrogens with one attached hydrogen (secondary N) is 1. The van der Waals surface area contributed by atoms with Gasteiger partial charge in [0.05, 0.1) is 10.2 Å². The maximum Gasteiger partial charge on any atom is 0.263 e. The lowest BCUT2D eigenvalue weighted by molar-refractivity contribution is 0.601. The van der Waals surface area contributed by atoms with Gasteiger partial charge in [0.15, 0.2) is 0 Å². The Balaban J connectivity index is 2.49. The zero-order valence-corrected chi connectivity index (χ0v) is 13.7. The van der Waals surface area contributed by atoms with Crippen LogP contribution in [0.5, 0.6) is 0 Å². The van der Waals surface area contributed by atoms with Crippen LogP contribution in [0.25, 0.3) is 0 Å².